The number of nitrogens with one attached hydrogen (secondary N) is 1. The van der Waals surface area contributed by atoms with Crippen LogP contribution in [-0.2, 0) is 24.8 Å². The number of hydrogen-bond acceptors (Lipinski definition) is 3. The number of benzene rings is 2. The van der Waals surface area contributed by atoms with Crippen molar-refractivity contribution in [3.8, 4) is 6.07 Å². The molecular weight excluding hydrogens is 338 g/mol. The molecular formula is C22H25N3O2. The zero-order chi connectivity index (χ0) is 19.4. The summed E-state index contributed by atoms with van der Waals surface area (Å²) in [6, 6.07) is 16.3. The Morgan fingerprint density at radius 3 is 2.74 bits per heavy atom. The number of amides is 2. The van der Waals surface area contributed by atoms with Crippen molar-refractivity contribution in [1.29, 1.82) is 5.26 Å². The number of carbonyl (C=O) groups is 1. The molecule has 3 rings (SSSR count). The third-order valence-electron chi connectivity index (χ3n) is 5.22. The number of fused-ring (bicyclic) bond motifs is 1. The maximum absolute atomic E-state index is 12.1. The van der Waals surface area contributed by atoms with Crippen molar-refractivity contribution in [2.24, 2.45) is 0 Å². The Bertz CT molecular complexity index is 887. The molecule has 1 heterocycles. The molecule has 0 saturated heterocycles. The van der Waals surface area contributed by atoms with Crippen LogP contribution in [0.1, 0.15) is 36.1 Å². The summed E-state index contributed by atoms with van der Waals surface area (Å²) in [5.41, 5.74) is 4.15. The Kier molecular flexibility index (Phi) is 5.48. The summed E-state index contributed by atoms with van der Waals surface area (Å²) in [7, 11) is 0. The number of aliphatic hydroxyl groups is 1. The number of aliphatic hydroxyl groups excluding tert-OH is 1. The van der Waals surface area contributed by atoms with Gasteiger partial charge in [0.25, 0.3) is 0 Å². The first-order chi connectivity index (χ1) is 13.0. The quantitative estimate of drug-likeness (QED) is 0.823. The fourth-order valence-corrected chi connectivity index (χ4v) is 3.54. The molecule has 0 fully saturated rings. The van der Waals surface area contributed by atoms with Crippen molar-refractivity contribution < 1.29 is 9.90 Å². The highest BCUT2D eigenvalue weighted by Crippen LogP contribution is 2.33. The van der Waals surface area contributed by atoms with E-state index in [4.69, 9.17) is 5.11 Å². The minimum absolute atomic E-state index is 0.0995. The van der Waals surface area contributed by atoms with Crippen LogP contribution in [0.2, 0.25) is 0 Å². The molecule has 2 aromatic carbocycles. The average molecular weight is 363 g/mol. The van der Waals surface area contributed by atoms with Gasteiger partial charge in [0.1, 0.15) is 0 Å². The smallest absolute Gasteiger partial charge is 0.322 e. The molecule has 1 unspecified atom stereocenters. The van der Waals surface area contributed by atoms with Gasteiger partial charge in [-0.2, -0.15) is 5.26 Å². The SMILES string of the molecule is CCN1Cc2ccc(C(C)(C#N)Cc3cccc(CCO)c3)cc2NC1=O. The number of carbonyl (C=O) groups excluding carboxylic acids is 1. The van der Waals surface area contributed by atoms with Gasteiger partial charge in [-0.05, 0) is 55.0 Å². The highest BCUT2D eigenvalue weighted by Gasteiger charge is 2.29. The molecule has 2 N–H and O–H groups in total. The van der Waals surface area contributed by atoms with E-state index in [1.54, 1.807) is 4.90 Å². The number of urea groups is 1. The first-order valence-corrected chi connectivity index (χ1v) is 9.28. The Morgan fingerprint density at radius 1 is 1.26 bits per heavy atom. The van der Waals surface area contributed by atoms with Gasteiger partial charge in [-0.25, -0.2) is 4.79 Å². The van der Waals surface area contributed by atoms with Crippen LogP contribution >= 0.6 is 0 Å². The lowest BCUT2D eigenvalue weighted by Gasteiger charge is -2.30. The molecule has 2 aromatic rings. The van der Waals surface area contributed by atoms with Crippen molar-refractivity contribution >= 4 is 11.7 Å². The van der Waals surface area contributed by atoms with Gasteiger partial charge >= 0.3 is 6.03 Å². The molecule has 0 radical (unpaired) electrons. The number of nitriles is 1. The Morgan fingerprint density at radius 2 is 2.04 bits per heavy atom. The van der Waals surface area contributed by atoms with Crippen molar-refractivity contribution in [3.05, 3.63) is 64.7 Å². The summed E-state index contributed by atoms with van der Waals surface area (Å²) in [6.45, 7) is 5.24. The molecule has 0 bridgehead atoms. The monoisotopic (exact) mass is 363 g/mol. The van der Waals surface area contributed by atoms with Crippen LogP contribution in [0.5, 0.6) is 0 Å². The predicted octanol–water partition coefficient (Wildman–Crippen LogP) is 3.61. The number of rotatable bonds is 6. The van der Waals surface area contributed by atoms with Gasteiger partial charge < -0.3 is 15.3 Å². The van der Waals surface area contributed by atoms with Crippen LogP contribution < -0.4 is 5.32 Å². The summed E-state index contributed by atoms with van der Waals surface area (Å²) >= 11 is 0. The first-order valence-electron chi connectivity index (χ1n) is 9.28. The van der Waals surface area contributed by atoms with Crippen LogP contribution in [0, 0.1) is 11.3 Å². The minimum atomic E-state index is -0.709. The van der Waals surface area contributed by atoms with Crippen molar-refractivity contribution in [1.82, 2.24) is 4.90 Å². The third kappa shape index (κ3) is 3.96. The molecule has 0 aliphatic carbocycles. The molecule has 140 valence electrons. The van der Waals surface area contributed by atoms with Crippen LogP contribution in [-0.4, -0.2) is 29.2 Å². The van der Waals surface area contributed by atoms with Crippen LogP contribution in [0.15, 0.2) is 42.5 Å². The zero-order valence-corrected chi connectivity index (χ0v) is 15.8. The fraction of sp³-hybridized carbons (Fsp3) is 0.364. The predicted molar refractivity (Wildman–Crippen MR) is 105 cm³/mol. The lowest BCUT2D eigenvalue weighted by molar-refractivity contribution is 0.210. The van der Waals surface area contributed by atoms with E-state index >= 15 is 0 Å². The molecule has 5 heteroatoms. The van der Waals surface area contributed by atoms with Gasteiger partial charge in [-0.1, -0.05) is 36.4 Å². The average Bonchev–Trinajstić information content (AvgIpc) is 2.67. The summed E-state index contributed by atoms with van der Waals surface area (Å²) in [4.78, 5) is 13.9. The van der Waals surface area contributed by atoms with Crippen molar-refractivity contribution in [3.63, 3.8) is 0 Å². The van der Waals surface area contributed by atoms with Gasteiger partial charge in [-0.15, -0.1) is 0 Å². The molecule has 2 amide bonds. The van der Waals surface area contributed by atoms with Gasteiger partial charge in [0, 0.05) is 25.4 Å². The van der Waals surface area contributed by atoms with Crippen molar-refractivity contribution in [2.75, 3.05) is 18.5 Å². The molecule has 1 aliphatic heterocycles. The minimum Gasteiger partial charge on any atom is -0.396 e. The van der Waals surface area contributed by atoms with Crippen LogP contribution in [0.25, 0.3) is 0 Å². The zero-order valence-electron chi connectivity index (χ0n) is 15.8. The van der Waals surface area contributed by atoms with Crippen molar-refractivity contribution in [2.45, 2.75) is 38.6 Å². The maximum atomic E-state index is 12.1. The van der Waals surface area contributed by atoms with Gasteiger partial charge in [0.15, 0.2) is 0 Å². The molecule has 0 saturated carbocycles. The molecule has 1 atom stereocenters. The largest absolute Gasteiger partial charge is 0.396 e. The van der Waals surface area contributed by atoms with Gasteiger partial charge in [0.05, 0.1) is 11.5 Å². The van der Waals surface area contributed by atoms with E-state index < -0.39 is 5.41 Å². The molecule has 5 nitrogen and oxygen atoms in total. The van der Waals surface area contributed by atoms with Crippen LogP contribution in [0.4, 0.5) is 10.5 Å². The highest BCUT2D eigenvalue weighted by atomic mass is 16.3. The number of hydrogen-bond donors (Lipinski definition) is 2. The maximum Gasteiger partial charge on any atom is 0.322 e. The lowest BCUT2D eigenvalue weighted by Crippen LogP contribution is -2.38. The molecule has 27 heavy (non-hydrogen) atoms. The molecule has 0 aromatic heterocycles. The summed E-state index contributed by atoms with van der Waals surface area (Å²) < 4.78 is 0. The topological polar surface area (TPSA) is 76.4 Å². The van der Waals surface area contributed by atoms with E-state index in [-0.39, 0.29) is 12.6 Å². The Balaban J connectivity index is 1.89. The van der Waals surface area contributed by atoms with E-state index in [1.807, 2.05) is 56.3 Å². The lowest BCUT2D eigenvalue weighted by atomic mass is 9.78. The second-order valence-electron chi connectivity index (χ2n) is 7.23. The second kappa shape index (κ2) is 7.81. The third-order valence-corrected chi connectivity index (χ3v) is 5.22. The van der Waals surface area contributed by atoms with E-state index in [9.17, 15) is 10.1 Å². The van der Waals surface area contributed by atoms with Crippen LogP contribution in [0.3, 0.4) is 0 Å². The van der Waals surface area contributed by atoms with E-state index in [0.29, 0.717) is 25.9 Å². The summed E-state index contributed by atoms with van der Waals surface area (Å²) in [5.74, 6) is 0. The van der Waals surface area contributed by atoms with E-state index in [1.165, 1.54) is 0 Å². The standard InChI is InChI=1S/C22H25N3O2/c1-3-25-14-18-7-8-19(12-20(18)24-21(25)27)22(2,15-23)13-17-6-4-5-16(11-17)9-10-26/h4-8,11-12,26H,3,9-10,13-14H2,1-2H3,(H,24,27). The number of nitrogens with zero attached hydrogens (tertiary/aromatic N) is 2. The summed E-state index contributed by atoms with van der Waals surface area (Å²) in [6.07, 6.45) is 1.17. The van der Waals surface area contributed by atoms with Gasteiger partial charge in [0.2, 0.25) is 0 Å². The Hall–Kier alpha value is -2.84. The van der Waals surface area contributed by atoms with E-state index in [2.05, 4.69) is 11.4 Å². The van der Waals surface area contributed by atoms with Gasteiger partial charge in [-0.3, -0.25) is 0 Å². The highest BCUT2D eigenvalue weighted by molar-refractivity contribution is 5.92. The number of anilines is 1. The first kappa shape index (κ1) is 18.9. The second-order valence-corrected chi connectivity index (χ2v) is 7.23. The summed E-state index contributed by atoms with van der Waals surface area (Å²) in [5, 5.41) is 22.0. The molecule has 1 aliphatic rings. The Labute approximate surface area is 160 Å². The fourth-order valence-electron chi connectivity index (χ4n) is 3.54. The molecule has 0 spiro atoms. The van der Waals surface area contributed by atoms with E-state index in [0.717, 1.165) is 27.9 Å². The normalized spacial score (nSPS) is 15.5.